The molecule has 0 heterocycles. The fourth-order valence-electron chi connectivity index (χ4n) is 0.713. The molecule has 0 amide bonds. The summed E-state index contributed by atoms with van der Waals surface area (Å²) in [6.45, 7) is 0. The number of sulfonamides is 1. The standard InChI is InChI=1S/C4HF10NO4S2/c5-1(6,3(9,10)11)2(7,8)4(12,13)20(16,17)15-21(14,18)19/h15H. The molecular weight excluding hydrogens is 380 g/mol. The Balaban J connectivity index is 6.14. The Morgan fingerprint density at radius 1 is 0.667 bits per heavy atom. The predicted molar refractivity (Wildman–Crippen MR) is 43.0 cm³/mol. The molecule has 0 aliphatic carbocycles. The van der Waals surface area contributed by atoms with Crippen molar-refractivity contribution in [3.63, 3.8) is 0 Å². The van der Waals surface area contributed by atoms with Crippen molar-refractivity contribution in [3.8, 4) is 0 Å². The van der Waals surface area contributed by atoms with Crippen LogP contribution < -0.4 is 4.13 Å². The lowest BCUT2D eigenvalue weighted by molar-refractivity contribution is -0.382. The van der Waals surface area contributed by atoms with Gasteiger partial charge in [0.25, 0.3) is 10.0 Å². The van der Waals surface area contributed by atoms with E-state index in [2.05, 4.69) is 0 Å². The molecule has 0 saturated carbocycles. The summed E-state index contributed by atoms with van der Waals surface area (Å²) in [6.07, 6.45) is -7.32. The molecule has 5 nitrogen and oxygen atoms in total. The minimum atomic E-state index is -7.64. The largest absolute Gasteiger partial charge is 0.460 e. The number of alkyl halides is 9. The number of halogens is 10. The minimum Gasteiger partial charge on any atom is -0.205 e. The zero-order valence-electron chi connectivity index (χ0n) is 8.73. The summed E-state index contributed by atoms with van der Waals surface area (Å²) in [4.78, 5) is 0. The van der Waals surface area contributed by atoms with E-state index in [1.165, 1.54) is 0 Å². The maximum atomic E-state index is 12.7. The highest BCUT2D eigenvalue weighted by Gasteiger charge is 2.85. The van der Waals surface area contributed by atoms with Gasteiger partial charge in [-0.15, -0.1) is 0 Å². The van der Waals surface area contributed by atoms with E-state index in [-0.39, 0.29) is 0 Å². The van der Waals surface area contributed by atoms with Gasteiger partial charge in [-0.05, 0) is 0 Å². The van der Waals surface area contributed by atoms with Crippen LogP contribution in [0, 0.1) is 0 Å². The average Bonchev–Trinajstić information content (AvgIpc) is 2.10. The van der Waals surface area contributed by atoms with Crippen LogP contribution in [0.25, 0.3) is 0 Å². The number of nitrogens with one attached hydrogen (secondary N) is 1. The summed E-state index contributed by atoms with van der Waals surface area (Å²) in [5.41, 5.74) is 0. The lowest BCUT2D eigenvalue weighted by Crippen LogP contribution is -2.65. The van der Waals surface area contributed by atoms with Gasteiger partial charge in [0.15, 0.2) is 0 Å². The average molecular weight is 381 g/mol. The van der Waals surface area contributed by atoms with E-state index in [0.29, 0.717) is 0 Å². The topological polar surface area (TPSA) is 80.3 Å². The van der Waals surface area contributed by atoms with Crippen LogP contribution in [0.15, 0.2) is 0 Å². The Hall–Kier alpha value is -0.840. The third kappa shape index (κ3) is 3.33. The molecule has 0 aliphatic heterocycles. The summed E-state index contributed by atoms with van der Waals surface area (Å²) >= 11 is 0. The molecule has 1 N–H and O–H groups in total. The van der Waals surface area contributed by atoms with Gasteiger partial charge in [-0.1, -0.05) is 8.01 Å². The van der Waals surface area contributed by atoms with Gasteiger partial charge < -0.3 is 0 Å². The molecule has 0 aromatic heterocycles. The monoisotopic (exact) mass is 381 g/mol. The van der Waals surface area contributed by atoms with E-state index in [0.717, 1.165) is 0 Å². The predicted octanol–water partition coefficient (Wildman–Crippen LogP) is 1.55. The molecule has 21 heavy (non-hydrogen) atoms. The first kappa shape index (κ1) is 20.2. The van der Waals surface area contributed by atoms with Crippen LogP contribution in [0.1, 0.15) is 0 Å². The van der Waals surface area contributed by atoms with Gasteiger partial charge in [-0.25, -0.2) is 8.42 Å². The summed E-state index contributed by atoms with van der Waals surface area (Å²) in [5.74, 6) is -15.2. The second kappa shape index (κ2) is 4.83. The lowest BCUT2D eigenvalue weighted by Gasteiger charge is -2.32. The van der Waals surface area contributed by atoms with E-state index in [1.807, 2.05) is 0 Å². The van der Waals surface area contributed by atoms with Crippen LogP contribution in [0.4, 0.5) is 43.4 Å². The molecule has 0 aromatic rings. The van der Waals surface area contributed by atoms with Gasteiger partial charge >= 0.3 is 33.7 Å². The van der Waals surface area contributed by atoms with Gasteiger partial charge in [0.05, 0.1) is 0 Å². The van der Waals surface area contributed by atoms with Crippen LogP contribution in [0.2, 0.25) is 0 Å². The van der Waals surface area contributed by atoms with Crippen molar-refractivity contribution in [1.29, 1.82) is 0 Å². The van der Waals surface area contributed by atoms with Crippen LogP contribution in [-0.4, -0.2) is 40.1 Å². The molecule has 0 bridgehead atoms. The van der Waals surface area contributed by atoms with Crippen molar-refractivity contribution in [2.45, 2.75) is 23.3 Å². The maximum Gasteiger partial charge on any atom is 0.460 e. The summed E-state index contributed by atoms with van der Waals surface area (Å²) in [7, 11) is -14.2. The fraction of sp³-hybridized carbons (Fsp3) is 1.00. The molecule has 128 valence electrons. The zero-order chi connectivity index (χ0) is 17.7. The van der Waals surface area contributed by atoms with Crippen molar-refractivity contribution in [1.82, 2.24) is 4.13 Å². The summed E-state index contributed by atoms with van der Waals surface area (Å²) in [5, 5.41) is -7.32. The van der Waals surface area contributed by atoms with Crippen LogP contribution in [0.5, 0.6) is 0 Å². The first-order chi connectivity index (χ1) is 8.71. The SMILES string of the molecule is O=S(=O)(F)NS(=O)(=O)C(F)(F)C(F)(F)C(F)(F)C(F)(F)F. The van der Waals surface area contributed by atoms with Gasteiger partial charge in [0, 0.05) is 0 Å². The third-order valence-corrected chi connectivity index (χ3v) is 4.27. The zero-order valence-corrected chi connectivity index (χ0v) is 10.4. The second-order valence-electron chi connectivity index (χ2n) is 3.19. The number of hydrogen-bond acceptors (Lipinski definition) is 4. The van der Waals surface area contributed by atoms with Crippen molar-refractivity contribution < 1.29 is 60.2 Å². The third-order valence-electron chi connectivity index (χ3n) is 1.66. The molecular formula is C4HF10NO4S2. The maximum absolute atomic E-state index is 12.7. The van der Waals surface area contributed by atoms with Crippen LogP contribution in [-0.2, 0) is 20.4 Å². The Bertz CT molecular complexity index is 603. The molecule has 0 rings (SSSR count). The van der Waals surface area contributed by atoms with Crippen molar-refractivity contribution in [2.75, 3.05) is 0 Å². The highest BCUT2D eigenvalue weighted by atomic mass is 32.3. The first-order valence-electron chi connectivity index (χ1n) is 3.88. The smallest absolute Gasteiger partial charge is 0.205 e. The highest BCUT2D eigenvalue weighted by molar-refractivity contribution is 8.03. The molecule has 0 unspecified atom stereocenters. The first-order valence-corrected chi connectivity index (χ1v) is 6.75. The van der Waals surface area contributed by atoms with Gasteiger partial charge in [0.2, 0.25) is 0 Å². The molecule has 0 spiro atoms. The van der Waals surface area contributed by atoms with E-state index in [4.69, 9.17) is 0 Å². The Morgan fingerprint density at radius 2 is 1.00 bits per heavy atom. The van der Waals surface area contributed by atoms with Gasteiger partial charge in [0.1, 0.15) is 0 Å². The van der Waals surface area contributed by atoms with Crippen LogP contribution >= 0.6 is 0 Å². The molecule has 0 radical (unpaired) electrons. The molecule has 0 aliphatic rings. The van der Waals surface area contributed by atoms with E-state index >= 15 is 0 Å². The molecule has 0 saturated heterocycles. The lowest BCUT2D eigenvalue weighted by atomic mass is 10.1. The Kier molecular flexibility index (Phi) is 4.64. The minimum absolute atomic E-state index is 0.787. The highest BCUT2D eigenvalue weighted by Crippen LogP contribution is 2.54. The summed E-state index contributed by atoms with van der Waals surface area (Å²) in [6, 6.07) is 0. The quantitative estimate of drug-likeness (QED) is 0.579. The van der Waals surface area contributed by atoms with Crippen molar-refractivity contribution >= 4 is 20.4 Å². The molecule has 0 atom stereocenters. The van der Waals surface area contributed by atoms with Gasteiger partial charge in [-0.2, -0.15) is 47.9 Å². The number of hydrogen-bond donors (Lipinski definition) is 1. The van der Waals surface area contributed by atoms with E-state index in [9.17, 15) is 60.2 Å². The summed E-state index contributed by atoms with van der Waals surface area (Å²) < 4.78 is 161. The Labute approximate surface area is 109 Å². The second-order valence-corrected chi connectivity index (χ2v) is 6.25. The fourth-order valence-corrected chi connectivity index (χ4v) is 2.65. The van der Waals surface area contributed by atoms with Crippen LogP contribution in [0.3, 0.4) is 0 Å². The van der Waals surface area contributed by atoms with Crippen molar-refractivity contribution in [2.24, 2.45) is 0 Å². The normalized spacial score (nSPS) is 16.1. The Morgan fingerprint density at radius 3 is 1.24 bits per heavy atom. The molecule has 0 fully saturated rings. The van der Waals surface area contributed by atoms with E-state index in [1.54, 1.807) is 0 Å². The van der Waals surface area contributed by atoms with Crippen molar-refractivity contribution in [3.05, 3.63) is 0 Å². The number of rotatable bonds is 5. The van der Waals surface area contributed by atoms with Gasteiger partial charge in [-0.3, -0.25) is 0 Å². The molecule has 0 aromatic carbocycles. The van der Waals surface area contributed by atoms with E-state index < -0.39 is 47.8 Å². The molecule has 17 heteroatoms.